The molecular formula is C16H13N5O3. The van der Waals surface area contributed by atoms with Gasteiger partial charge in [-0.25, -0.2) is 4.98 Å². The van der Waals surface area contributed by atoms with E-state index in [0.717, 1.165) is 5.52 Å². The molecule has 0 spiro atoms. The third kappa shape index (κ3) is 3.22. The highest BCUT2D eigenvalue weighted by molar-refractivity contribution is 6.42. The van der Waals surface area contributed by atoms with Crippen LogP contribution in [0.15, 0.2) is 48.8 Å². The van der Waals surface area contributed by atoms with Crippen molar-refractivity contribution in [2.75, 3.05) is 11.1 Å². The van der Waals surface area contributed by atoms with E-state index >= 15 is 0 Å². The molecule has 24 heavy (non-hydrogen) atoms. The lowest BCUT2D eigenvalue weighted by Crippen LogP contribution is -2.39. The molecule has 0 fully saturated rings. The van der Waals surface area contributed by atoms with Crippen molar-refractivity contribution in [2.45, 2.75) is 0 Å². The first kappa shape index (κ1) is 15.2. The minimum absolute atomic E-state index is 0.226. The second-order valence-corrected chi connectivity index (χ2v) is 4.99. The van der Waals surface area contributed by atoms with Crippen molar-refractivity contribution in [3.05, 3.63) is 54.4 Å². The molecule has 3 amide bonds. The monoisotopic (exact) mass is 323 g/mol. The maximum atomic E-state index is 11.9. The molecule has 1 heterocycles. The Morgan fingerprint density at radius 1 is 1.00 bits per heavy atom. The smallest absolute Gasteiger partial charge is 0.316 e. The molecule has 5 N–H and O–H groups in total. The summed E-state index contributed by atoms with van der Waals surface area (Å²) >= 11 is 0. The number of fused-ring (bicyclic) bond motifs is 1. The number of imidazole rings is 1. The lowest BCUT2D eigenvalue weighted by atomic mass is 10.2. The second-order valence-electron chi connectivity index (χ2n) is 4.99. The summed E-state index contributed by atoms with van der Waals surface area (Å²) in [5.41, 5.74) is 8.10. The van der Waals surface area contributed by atoms with Crippen LogP contribution in [0.4, 0.5) is 11.4 Å². The summed E-state index contributed by atoms with van der Waals surface area (Å²) in [4.78, 5) is 42.6. The van der Waals surface area contributed by atoms with Crippen molar-refractivity contribution < 1.29 is 14.4 Å². The molecule has 1 aromatic heterocycles. The molecule has 0 saturated heterocycles. The van der Waals surface area contributed by atoms with E-state index in [2.05, 4.69) is 15.3 Å². The molecule has 0 aliphatic rings. The van der Waals surface area contributed by atoms with Gasteiger partial charge in [0.1, 0.15) is 0 Å². The summed E-state index contributed by atoms with van der Waals surface area (Å²) in [6.07, 6.45) is 1.52. The lowest BCUT2D eigenvalue weighted by molar-refractivity contribution is -0.135. The number of imide groups is 1. The van der Waals surface area contributed by atoms with Gasteiger partial charge in [0.2, 0.25) is 0 Å². The summed E-state index contributed by atoms with van der Waals surface area (Å²) in [5.74, 6) is -2.68. The fraction of sp³-hybridized carbons (Fsp3) is 0. The van der Waals surface area contributed by atoms with Crippen molar-refractivity contribution in [1.29, 1.82) is 0 Å². The number of benzene rings is 2. The molecule has 120 valence electrons. The number of nitrogens with zero attached hydrogens (tertiary/aromatic N) is 1. The van der Waals surface area contributed by atoms with E-state index in [-0.39, 0.29) is 5.56 Å². The fourth-order valence-electron chi connectivity index (χ4n) is 2.07. The van der Waals surface area contributed by atoms with Crippen LogP contribution >= 0.6 is 0 Å². The number of carbonyl (C=O) groups is 3. The highest BCUT2D eigenvalue weighted by Crippen LogP contribution is 2.15. The summed E-state index contributed by atoms with van der Waals surface area (Å²) in [5, 5.41) is 4.44. The number of nitrogen functional groups attached to an aromatic ring is 1. The molecule has 0 bridgehead atoms. The van der Waals surface area contributed by atoms with Gasteiger partial charge in [0, 0.05) is 16.9 Å². The molecule has 0 saturated carbocycles. The Balaban J connectivity index is 1.64. The predicted molar refractivity (Wildman–Crippen MR) is 88.1 cm³/mol. The SMILES string of the molecule is Nc1ccc(C(=O)NC(=O)C(=O)Nc2ccc3nc[nH]c3c2)cc1. The zero-order valence-corrected chi connectivity index (χ0v) is 12.4. The Labute approximate surface area is 136 Å². The summed E-state index contributed by atoms with van der Waals surface area (Å²) in [6.45, 7) is 0. The molecule has 0 aliphatic carbocycles. The van der Waals surface area contributed by atoms with Crippen molar-refractivity contribution in [3.8, 4) is 0 Å². The standard InChI is InChI=1S/C16H13N5O3/c17-10-3-1-9(2-4-10)14(22)21-16(24)15(23)20-11-5-6-12-13(7-11)19-8-18-12/h1-8H,17H2,(H,18,19)(H,20,23)(H,21,22,24). The van der Waals surface area contributed by atoms with Gasteiger partial charge < -0.3 is 16.0 Å². The zero-order valence-electron chi connectivity index (χ0n) is 12.4. The van der Waals surface area contributed by atoms with Gasteiger partial charge in [0.05, 0.1) is 17.4 Å². The number of aromatic amines is 1. The Bertz CT molecular complexity index is 930. The highest BCUT2D eigenvalue weighted by atomic mass is 16.2. The fourth-order valence-corrected chi connectivity index (χ4v) is 2.07. The first-order valence-corrected chi connectivity index (χ1v) is 6.98. The second kappa shape index (κ2) is 6.21. The number of rotatable bonds is 2. The van der Waals surface area contributed by atoms with E-state index in [4.69, 9.17) is 5.73 Å². The third-order valence-electron chi connectivity index (χ3n) is 3.28. The van der Waals surface area contributed by atoms with Crippen LogP contribution in [0.2, 0.25) is 0 Å². The number of anilines is 2. The minimum atomic E-state index is -1.05. The molecule has 8 heteroatoms. The van der Waals surface area contributed by atoms with Crippen LogP contribution in [0.1, 0.15) is 10.4 Å². The number of aromatic nitrogens is 2. The van der Waals surface area contributed by atoms with Crippen LogP contribution in [0, 0.1) is 0 Å². The van der Waals surface area contributed by atoms with Crippen molar-refractivity contribution in [3.63, 3.8) is 0 Å². The number of H-pyrrole nitrogens is 1. The van der Waals surface area contributed by atoms with Crippen LogP contribution in [-0.4, -0.2) is 27.7 Å². The van der Waals surface area contributed by atoms with Gasteiger partial charge in [0.25, 0.3) is 5.91 Å². The van der Waals surface area contributed by atoms with Gasteiger partial charge in [-0.3, -0.25) is 19.7 Å². The van der Waals surface area contributed by atoms with Crippen LogP contribution in [0.25, 0.3) is 11.0 Å². The van der Waals surface area contributed by atoms with Gasteiger partial charge in [-0.2, -0.15) is 0 Å². The topological polar surface area (TPSA) is 130 Å². The van der Waals surface area contributed by atoms with E-state index in [1.165, 1.54) is 30.6 Å². The Morgan fingerprint density at radius 3 is 2.50 bits per heavy atom. The number of hydrogen-bond donors (Lipinski definition) is 4. The average Bonchev–Trinajstić information content (AvgIpc) is 3.03. The molecule has 8 nitrogen and oxygen atoms in total. The normalized spacial score (nSPS) is 10.3. The molecule has 0 radical (unpaired) electrons. The Kier molecular flexibility index (Phi) is 3.94. The predicted octanol–water partition coefficient (Wildman–Crippen LogP) is 1.04. The van der Waals surface area contributed by atoms with Crippen LogP contribution in [0.3, 0.4) is 0 Å². The van der Waals surface area contributed by atoms with Crippen molar-refractivity contribution in [2.24, 2.45) is 0 Å². The maximum absolute atomic E-state index is 11.9. The van der Waals surface area contributed by atoms with Crippen LogP contribution < -0.4 is 16.4 Å². The van der Waals surface area contributed by atoms with Crippen LogP contribution in [0.5, 0.6) is 0 Å². The van der Waals surface area contributed by atoms with E-state index in [9.17, 15) is 14.4 Å². The van der Waals surface area contributed by atoms with Crippen molar-refractivity contribution in [1.82, 2.24) is 15.3 Å². The molecule has 0 unspecified atom stereocenters. The molecule has 0 atom stereocenters. The summed E-state index contributed by atoms with van der Waals surface area (Å²) in [6, 6.07) is 10.9. The van der Waals surface area contributed by atoms with Gasteiger partial charge in [-0.1, -0.05) is 0 Å². The van der Waals surface area contributed by atoms with E-state index < -0.39 is 17.7 Å². The van der Waals surface area contributed by atoms with Crippen LogP contribution in [-0.2, 0) is 9.59 Å². The first-order valence-electron chi connectivity index (χ1n) is 6.98. The van der Waals surface area contributed by atoms with Gasteiger partial charge in [-0.15, -0.1) is 0 Å². The molecule has 3 rings (SSSR count). The lowest BCUT2D eigenvalue weighted by Gasteiger charge is -2.06. The summed E-state index contributed by atoms with van der Waals surface area (Å²) < 4.78 is 0. The Morgan fingerprint density at radius 2 is 1.75 bits per heavy atom. The number of hydrogen-bond acceptors (Lipinski definition) is 5. The van der Waals surface area contributed by atoms with Gasteiger partial charge in [-0.05, 0) is 42.5 Å². The number of carbonyl (C=O) groups excluding carboxylic acids is 3. The van der Waals surface area contributed by atoms with Gasteiger partial charge in [0.15, 0.2) is 0 Å². The van der Waals surface area contributed by atoms with Crippen molar-refractivity contribution >= 4 is 40.1 Å². The molecule has 3 aromatic rings. The quantitative estimate of drug-likeness (QED) is 0.413. The molecule has 0 aliphatic heterocycles. The summed E-state index contributed by atoms with van der Waals surface area (Å²) in [7, 11) is 0. The molecule has 2 aromatic carbocycles. The number of nitrogens with two attached hydrogens (primary N) is 1. The molecular weight excluding hydrogens is 310 g/mol. The van der Waals surface area contributed by atoms with E-state index in [1.54, 1.807) is 18.2 Å². The maximum Gasteiger partial charge on any atom is 0.316 e. The number of amides is 3. The number of nitrogens with one attached hydrogen (secondary N) is 3. The van der Waals surface area contributed by atoms with E-state index in [1.807, 2.05) is 5.32 Å². The average molecular weight is 323 g/mol. The van der Waals surface area contributed by atoms with E-state index in [0.29, 0.717) is 16.9 Å². The third-order valence-corrected chi connectivity index (χ3v) is 3.28. The van der Waals surface area contributed by atoms with Gasteiger partial charge >= 0.3 is 11.8 Å². The minimum Gasteiger partial charge on any atom is -0.399 e. The first-order chi connectivity index (χ1) is 11.5. The Hall–Kier alpha value is -3.68. The largest absolute Gasteiger partial charge is 0.399 e. The highest BCUT2D eigenvalue weighted by Gasteiger charge is 2.18. The zero-order chi connectivity index (χ0) is 17.1.